The van der Waals surface area contributed by atoms with Gasteiger partial charge in [0.2, 0.25) is 0 Å². The number of nitrogens with one attached hydrogen (secondary N) is 1. The van der Waals surface area contributed by atoms with Gasteiger partial charge in [0.15, 0.2) is 11.8 Å². The van der Waals surface area contributed by atoms with Crippen LogP contribution in [-0.2, 0) is 0 Å². The van der Waals surface area contributed by atoms with Gasteiger partial charge in [-0.2, -0.15) is 5.26 Å². The zero-order valence-electron chi connectivity index (χ0n) is 15.1. The number of nitrogens with zero attached hydrogens (tertiary/aromatic N) is 3. The number of carbonyl (C=O) groups is 1. The van der Waals surface area contributed by atoms with Crippen molar-refractivity contribution in [2.24, 2.45) is 10.7 Å². The Morgan fingerprint density at radius 2 is 1.93 bits per heavy atom. The van der Waals surface area contributed by atoms with E-state index >= 15 is 4.39 Å². The van der Waals surface area contributed by atoms with Crippen LogP contribution in [0.3, 0.4) is 0 Å². The minimum absolute atomic E-state index is 0.0201. The third kappa shape index (κ3) is 3.06. The standard InChI is InChI=1S/C20H16F3N5O/c21-13-5-6-14(22)17-16(13)18(25)27-20(26-17)7-8-28(10-15(20)23)19(29)12-3-1-11(9-24)2-4-12/h1-6,15,26H,7-8,10H2,(H2,25,27)/t15-,20-/m0/s1. The minimum atomic E-state index is -1.70. The summed E-state index contributed by atoms with van der Waals surface area (Å²) in [7, 11) is 0. The summed E-state index contributed by atoms with van der Waals surface area (Å²) in [6.45, 7) is -0.163. The summed E-state index contributed by atoms with van der Waals surface area (Å²) in [4.78, 5) is 18.1. The van der Waals surface area contributed by atoms with Gasteiger partial charge < -0.3 is 16.0 Å². The number of nitrogens with two attached hydrogens (primary N) is 1. The lowest BCUT2D eigenvalue weighted by Gasteiger charge is -2.44. The Morgan fingerprint density at radius 1 is 1.24 bits per heavy atom. The van der Waals surface area contributed by atoms with Crippen molar-refractivity contribution >= 4 is 17.4 Å². The topological polar surface area (TPSA) is 94.5 Å². The Kier molecular flexibility index (Phi) is 4.42. The number of anilines is 1. The first kappa shape index (κ1) is 18.8. The first-order chi connectivity index (χ1) is 13.8. The van der Waals surface area contributed by atoms with E-state index in [0.29, 0.717) is 11.1 Å². The highest BCUT2D eigenvalue weighted by atomic mass is 19.1. The Morgan fingerprint density at radius 3 is 2.59 bits per heavy atom. The molecule has 0 aliphatic carbocycles. The molecule has 148 valence electrons. The van der Waals surface area contributed by atoms with Gasteiger partial charge in [0.25, 0.3) is 5.91 Å². The quantitative estimate of drug-likeness (QED) is 0.771. The maximum Gasteiger partial charge on any atom is 0.253 e. The maximum atomic E-state index is 15.2. The largest absolute Gasteiger partial charge is 0.383 e. The molecular weight excluding hydrogens is 383 g/mol. The molecule has 2 atom stereocenters. The number of nitriles is 1. The van der Waals surface area contributed by atoms with E-state index in [1.165, 1.54) is 29.2 Å². The predicted molar refractivity (Wildman–Crippen MR) is 100 cm³/mol. The molecule has 9 heteroatoms. The van der Waals surface area contributed by atoms with Gasteiger partial charge in [0.1, 0.15) is 17.5 Å². The Bertz CT molecular complexity index is 1060. The van der Waals surface area contributed by atoms with Crippen LogP contribution in [0.4, 0.5) is 18.9 Å². The van der Waals surface area contributed by atoms with Crippen molar-refractivity contribution in [3.8, 4) is 6.07 Å². The molecule has 29 heavy (non-hydrogen) atoms. The Balaban J connectivity index is 1.58. The summed E-state index contributed by atoms with van der Waals surface area (Å²) in [5, 5.41) is 11.5. The van der Waals surface area contributed by atoms with Crippen molar-refractivity contribution < 1.29 is 18.0 Å². The van der Waals surface area contributed by atoms with E-state index in [4.69, 9.17) is 11.0 Å². The monoisotopic (exact) mass is 399 g/mol. The number of fused-ring (bicyclic) bond motifs is 1. The molecule has 0 aromatic heterocycles. The number of hydrogen-bond acceptors (Lipinski definition) is 5. The number of rotatable bonds is 1. The lowest BCUT2D eigenvalue weighted by Crippen LogP contribution is -2.60. The molecule has 3 N–H and O–H groups in total. The van der Waals surface area contributed by atoms with Crippen LogP contribution >= 0.6 is 0 Å². The van der Waals surface area contributed by atoms with E-state index in [-0.39, 0.29) is 36.6 Å². The summed E-state index contributed by atoms with van der Waals surface area (Å²) < 4.78 is 43.4. The van der Waals surface area contributed by atoms with Crippen molar-refractivity contribution in [3.63, 3.8) is 0 Å². The van der Waals surface area contributed by atoms with E-state index in [1.54, 1.807) is 0 Å². The van der Waals surface area contributed by atoms with Gasteiger partial charge in [-0.1, -0.05) is 0 Å². The van der Waals surface area contributed by atoms with Gasteiger partial charge in [0.05, 0.1) is 29.4 Å². The second-order valence-electron chi connectivity index (χ2n) is 6.98. The summed E-state index contributed by atoms with van der Waals surface area (Å²) in [6, 6.07) is 9.85. The van der Waals surface area contributed by atoms with E-state index in [1.807, 2.05) is 6.07 Å². The van der Waals surface area contributed by atoms with Crippen molar-refractivity contribution in [3.05, 3.63) is 64.7 Å². The van der Waals surface area contributed by atoms with E-state index < -0.39 is 29.4 Å². The lowest BCUT2D eigenvalue weighted by atomic mass is 9.91. The number of hydrogen-bond donors (Lipinski definition) is 2. The average molecular weight is 399 g/mol. The highest BCUT2D eigenvalue weighted by Gasteiger charge is 2.48. The van der Waals surface area contributed by atoms with Crippen molar-refractivity contribution in [1.29, 1.82) is 5.26 Å². The summed E-state index contributed by atoms with van der Waals surface area (Å²) in [5.74, 6) is -2.20. The minimum Gasteiger partial charge on any atom is -0.383 e. The smallest absolute Gasteiger partial charge is 0.253 e. The molecule has 1 amide bonds. The molecule has 1 spiro atoms. The van der Waals surface area contributed by atoms with E-state index in [9.17, 15) is 13.6 Å². The van der Waals surface area contributed by atoms with Crippen LogP contribution < -0.4 is 11.1 Å². The zero-order valence-corrected chi connectivity index (χ0v) is 15.1. The average Bonchev–Trinajstić information content (AvgIpc) is 2.72. The fourth-order valence-electron chi connectivity index (χ4n) is 3.66. The SMILES string of the molecule is N#Cc1ccc(C(=O)N2CC[C@]3(N=C(N)c4c(F)ccc(F)c4N3)[C@@H](F)C2)cc1. The normalized spacial score (nSPS) is 23.0. The summed E-state index contributed by atoms with van der Waals surface area (Å²) in [5.41, 5.74) is 4.53. The maximum absolute atomic E-state index is 15.2. The molecule has 2 aliphatic rings. The van der Waals surface area contributed by atoms with Gasteiger partial charge in [-0.3, -0.25) is 4.79 Å². The molecule has 0 unspecified atom stereocenters. The molecule has 2 aliphatic heterocycles. The predicted octanol–water partition coefficient (Wildman–Crippen LogP) is 2.55. The highest BCUT2D eigenvalue weighted by Crippen LogP contribution is 2.38. The van der Waals surface area contributed by atoms with Gasteiger partial charge in [0, 0.05) is 18.5 Å². The zero-order chi connectivity index (χ0) is 20.8. The molecule has 0 bridgehead atoms. The molecule has 2 aromatic rings. The van der Waals surface area contributed by atoms with Crippen molar-refractivity contribution in [2.75, 3.05) is 18.4 Å². The van der Waals surface area contributed by atoms with Gasteiger partial charge >= 0.3 is 0 Å². The van der Waals surface area contributed by atoms with E-state index in [2.05, 4.69) is 10.3 Å². The van der Waals surface area contributed by atoms with Crippen LogP contribution in [0.25, 0.3) is 0 Å². The van der Waals surface area contributed by atoms with Gasteiger partial charge in [-0.05, 0) is 36.4 Å². The van der Waals surface area contributed by atoms with Crippen LogP contribution in [0.15, 0.2) is 41.4 Å². The van der Waals surface area contributed by atoms with Crippen LogP contribution in [-0.4, -0.2) is 41.6 Å². The Labute approximate surface area is 164 Å². The van der Waals surface area contributed by atoms with Crippen molar-refractivity contribution in [2.45, 2.75) is 18.3 Å². The number of likely N-dealkylation sites (tertiary alicyclic amines) is 1. The first-order valence-corrected chi connectivity index (χ1v) is 8.90. The molecular formula is C20H16F3N5O. The molecule has 2 aromatic carbocycles. The first-order valence-electron chi connectivity index (χ1n) is 8.90. The molecule has 6 nitrogen and oxygen atoms in total. The molecule has 4 rings (SSSR count). The van der Waals surface area contributed by atoms with Crippen molar-refractivity contribution in [1.82, 2.24) is 4.90 Å². The second-order valence-corrected chi connectivity index (χ2v) is 6.98. The fraction of sp³-hybridized carbons (Fsp3) is 0.250. The highest BCUT2D eigenvalue weighted by molar-refractivity contribution is 6.04. The number of benzene rings is 2. The van der Waals surface area contributed by atoms with Crippen LogP contribution in [0.1, 0.15) is 27.9 Å². The van der Waals surface area contributed by atoms with Crippen LogP contribution in [0, 0.1) is 23.0 Å². The number of halogens is 3. The third-order valence-corrected chi connectivity index (χ3v) is 5.23. The number of amidine groups is 1. The number of piperidine rings is 1. The van der Waals surface area contributed by atoms with Crippen LogP contribution in [0.5, 0.6) is 0 Å². The number of alkyl halides is 1. The molecule has 1 saturated heterocycles. The van der Waals surface area contributed by atoms with Gasteiger partial charge in [-0.25, -0.2) is 18.2 Å². The van der Waals surface area contributed by atoms with E-state index in [0.717, 1.165) is 12.1 Å². The molecule has 0 radical (unpaired) electrons. The number of aliphatic imine (C=N–C) groups is 1. The Hall–Kier alpha value is -3.54. The fourth-order valence-corrected chi connectivity index (χ4v) is 3.66. The molecule has 2 heterocycles. The van der Waals surface area contributed by atoms with Gasteiger partial charge in [-0.15, -0.1) is 0 Å². The lowest BCUT2D eigenvalue weighted by molar-refractivity contribution is 0.0494. The molecule has 0 saturated carbocycles. The second kappa shape index (κ2) is 6.81. The summed E-state index contributed by atoms with van der Waals surface area (Å²) >= 11 is 0. The van der Waals surface area contributed by atoms with Crippen LogP contribution in [0.2, 0.25) is 0 Å². The molecule has 1 fully saturated rings. The number of carbonyl (C=O) groups excluding carboxylic acids is 1. The summed E-state index contributed by atoms with van der Waals surface area (Å²) in [6.07, 6.45) is -1.68. The number of amides is 1. The third-order valence-electron chi connectivity index (χ3n) is 5.23.